The van der Waals surface area contributed by atoms with Gasteiger partial charge in [0.1, 0.15) is 0 Å². The first-order valence-electron chi connectivity index (χ1n) is 5.55. The zero-order chi connectivity index (χ0) is 9.05. The third-order valence-corrected chi connectivity index (χ3v) is 4.69. The fourth-order valence-corrected chi connectivity index (χ4v) is 4.44. The molecule has 0 saturated heterocycles. The molecule has 0 amide bonds. The highest BCUT2D eigenvalue weighted by Gasteiger charge is 2.53. The van der Waals surface area contributed by atoms with Crippen molar-refractivity contribution in [2.24, 2.45) is 29.4 Å². The average Bonchev–Trinajstić information content (AvgIpc) is 2.00. The molecule has 2 N–H and O–H groups in total. The van der Waals surface area contributed by atoms with Gasteiger partial charge in [-0.1, -0.05) is 0 Å². The van der Waals surface area contributed by atoms with E-state index in [-0.39, 0.29) is 12.2 Å². The maximum Gasteiger partial charge on any atom is 0.0927 e. The molecule has 2 atom stereocenters. The van der Waals surface area contributed by atoms with E-state index in [1.54, 1.807) is 0 Å². The maximum atomic E-state index is 12.8. The normalized spacial score (nSPS) is 58.6. The van der Waals surface area contributed by atoms with Crippen molar-refractivity contribution in [3.8, 4) is 0 Å². The van der Waals surface area contributed by atoms with Crippen LogP contribution in [0.25, 0.3) is 0 Å². The van der Waals surface area contributed by atoms with Crippen molar-refractivity contribution in [2.75, 3.05) is 6.67 Å². The van der Waals surface area contributed by atoms with E-state index in [1.807, 2.05) is 0 Å². The first-order valence-corrected chi connectivity index (χ1v) is 5.55. The molecule has 4 rings (SSSR count). The van der Waals surface area contributed by atoms with Crippen LogP contribution in [-0.4, -0.2) is 12.2 Å². The van der Waals surface area contributed by atoms with E-state index >= 15 is 0 Å². The summed E-state index contributed by atoms with van der Waals surface area (Å²) < 4.78 is 12.8. The smallest absolute Gasteiger partial charge is 0.0927 e. The predicted molar refractivity (Wildman–Crippen MR) is 49.9 cm³/mol. The van der Waals surface area contributed by atoms with Gasteiger partial charge in [-0.15, -0.1) is 0 Å². The fraction of sp³-hybridized carbons (Fsp3) is 1.00. The fourth-order valence-electron chi connectivity index (χ4n) is 4.44. The van der Waals surface area contributed by atoms with Crippen LogP contribution in [0.5, 0.6) is 0 Å². The summed E-state index contributed by atoms with van der Waals surface area (Å²) in [5, 5.41) is 0. The van der Waals surface area contributed by atoms with Gasteiger partial charge in [-0.25, -0.2) is 0 Å². The predicted octanol–water partition coefficient (Wildman–Crippen LogP) is 2.11. The van der Waals surface area contributed by atoms with Gasteiger partial charge in [-0.05, 0) is 55.8 Å². The van der Waals surface area contributed by atoms with Crippen molar-refractivity contribution in [1.82, 2.24) is 0 Å². The molecule has 74 valence electrons. The summed E-state index contributed by atoms with van der Waals surface area (Å²) >= 11 is 0. The highest BCUT2D eigenvalue weighted by Crippen LogP contribution is 2.57. The molecular weight excluding hydrogens is 165 g/mol. The number of nitrogens with two attached hydrogens (primary N) is 1. The van der Waals surface area contributed by atoms with Gasteiger partial charge in [0.15, 0.2) is 0 Å². The molecule has 4 bridgehead atoms. The molecule has 4 aliphatic carbocycles. The summed E-state index contributed by atoms with van der Waals surface area (Å²) in [6.45, 7) is -0.0991. The van der Waals surface area contributed by atoms with E-state index in [2.05, 4.69) is 0 Å². The molecule has 4 fully saturated rings. The van der Waals surface area contributed by atoms with E-state index in [4.69, 9.17) is 5.73 Å². The Morgan fingerprint density at radius 2 is 1.77 bits per heavy atom. The van der Waals surface area contributed by atoms with Gasteiger partial charge in [0.25, 0.3) is 0 Å². The lowest BCUT2D eigenvalue weighted by molar-refractivity contribution is -0.0587. The number of alkyl halides is 1. The second-order valence-corrected chi connectivity index (χ2v) is 5.65. The minimum absolute atomic E-state index is 0.0991. The zero-order valence-electron chi connectivity index (χ0n) is 8.01. The van der Waals surface area contributed by atoms with Crippen molar-refractivity contribution < 1.29 is 4.39 Å². The molecule has 0 radical (unpaired) electrons. The van der Waals surface area contributed by atoms with Crippen LogP contribution >= 0.6 is 0 Å². The Hall–Kier alpha value is -0.110. The van der Waals surface area contributed by atoms with Gasteiger partial charge in [-0.2, -0.15) is 0 Å². The third-order valence-electron chi connectivity index (χ3n) is 4.69. The molecule has 2 heteroatoms. The van der Waals surface area contributed by atoms with Crippen LogP contribution in [0, 0.1) is 23.7 Å². The molecule has 0 aromatic rings. The SMILES string of the molecule is NC12CC3CC(C1)C(CF)C(C3)C2. The number of hydrogen-bond donors (Lipinski definition) is 1. The number of halogens is 1. The number of rotatable bonds is 1. The first kappa shape index (κ1) is 8.22. The van der Waals surface area contributed by atoms with E-state index in [9.17, 15) is 4.39 Å². The van der Waals surface area contributed by atoms with Crippen LogP contribution in [-0.2, 0) is 0 Å². The Morgan fingerprint density at radius 1 is 1.15 bits per heavy atom. The Labute approximate surface area is 78.9 Å². The molecule has 0 aromatic carbocycles. The Balaban J connectivity index is 1.90. The van der Waals surface area contributed by atoms with Gasteiger partial charge in [0.05, 0.1) is 6.67 Å². The highest BCUT2D eigenvalue weighted by molar-refractivity contribution is 5.07. The van der Waals surface area contributed by atoms with Crippen molar-refractivity contribution in [3.05, 3.63) is 0 Å². The number of hydrogen-bond acceptors (Lipinski definition) is 1. The molecule has 2 unspecified atom stereocenters. The lowest BCUT2D eigenvalue weighted by Crippen LogP contribution is -2.59. The maximum absolute atomic E-state index is 12.8. The van der Waals surface area contributed by atoms with Crippen LogP contribution in [0.4, 0.5) is 4.39 Å². The lowest BCUT2D eigenvalue weighted by Gasteiger charge is -2.58. The summed E-state index contributed by atoms with van der Waals surface area (Å²) in [6, 6.07) is 0. The molecule has 0 aromatic heterocycles. The standard InChI is InChI=1S/C11H18FN/c12-6-10-8-1-7-2-9(10)5-11(13,3-7)4-8/h7-10H,1-6,13H2. The Kier molecular flexibility index (Phi) is 1.56. The minimum Gasteiger partial charge on any atom is -0.325 e. The van der Waals surface area contributed by atoms with Crippen LogP contribution < -0.4 is 5.73 Å². The summed E-state index contributed by atoms with van der Waals surface area (Å²) in [5.41, 5.74) is 6.43. The molecular formula is C11H18FN. The van der Waals surface area contributed by atoms with Crippen LogP contribution in [0.1, 0.15) is 32.1 Å². The van der Waals surface area contributed by atoms with E-state index < -0.39 is 0 Å². The lowest BCUT2D eigenvalue weighted by atomic mass is 9.49. The van der Waals surface area contributed by atoms with Crippen LogP contribution in [0.3, 0.4) is 0 Å². The van der Waals surface area contributed by atoms with Crippen molar-refractivity contribution in [1.29, 1.82) is 0 Å². The molecule has 13 heavy (non-hydrogen) atoms. The van der Waals surface area contributed by atoms with Gasteiger partial charge in [0.2, 0.25) is 0 Å². The summed E-state index contributed by atoms with van der Waals surface area (Å²) in [6.07, 6.45) is 5.97. The second-order valence-electron chi connectivity index (χ2n) is 5.65. The third kappa shape index (κ3) is 1.08. The highest BCUT2D eigenvalue weighted by atomic mass is 19.1. The molecule has 0 heterocycles. The monoisotopic (exact) mass is 183 g/mol. The largest absolute Gasteiger partial charge is 0.325 e. The van der Waals surface area contributed by atoms with Crippen molar-refractivity contribution in [2.45, 2.75) is 37.6 Å². The van der Waals surface area contributed by atoms with Gasteiger partial charge in [-0.3, -0.25) is 4.39 Å². The van der Waals surface area contributed by atoms with Gasteiger partial charge >= 0.3 is 0 Å². The molecule has 0 aliphatic heterocycles. The Morgan fingerprint density at radius 3 is 2.23 bits per heavy atom. The van der Waals surface area contributed by atoms with E-state index in [0.29, 0.717) is 17.8 Å². The van der Waals surface area contributed by atoms with Crippen molar-refractivity contribution in [3.63, 3.8) is 0 Å². The molecule has 1 nitrogen and oxygen atoms in total. The Bertz CT molecular complexity index is 212. The molecule has 4 saturated carbocycles. The summed E-state index contributed by atoms with van der Waals surface area (Å²) in [5.74, 6) is 2.46. The van der Waals surface area contributed by atoms with Gasteiger partial charge in [0, 0.05) is 5.54 Å². The molecule has 0 spiro atoms. The first-order chi connectivity index (χ1) is 6.20. The average molecular weight is 183 g/mol. The molecule has 4 aliphatic rings. The van der Waals surface area contributed by atoms with Gasteiger partial charge < -0.3 is 5.73 Å². The van der Waals surface area contributed by atoms with Crippen LogP contribution in [0.2, 0.25) is 0 Å². The van der Waals surface area contributed by atoms with E-state index in [1.165, 1.54) is 19.3 Å². The topological polar surface area (TPSA) is 26.0 Å². The summed E-state index contributed by atoms with van der Waals surface area (Å²) in [4.78, 5) is 0. The summed E-state index contributed by atoms with van der Waals surface area (Å²) in [7, 11) is 0. The van der Waals surface area contributed by atoms with Crippen molar-refractivity contribution >= 4 is 0 Å². The zero-order valence-corrected chi connectivity index (χ0v) is 8.01. The quantitative estimate of drug-likeness (QED) is 0.662. The second kappa shape index (κ2) is 2.47. The van der Waals surface area contributed by atoms with Crippen LogP contribution in [0.15, 0.2) is 0 Å². The minimum atomic E-state index is -0.0991. The van der Waals surface area contributed by atoms with E-state index in [0.717, 1.165) is 18.8 Å².